The Morgan fingerprint density at radius 3 is 2.47 bits per heavy atom. The van der Waals surface area contributed by atoms with E-state index in [0.29, 0.717) is 13.0 Å². The minimum Gasteiger partial charge on any atom is -0.468 e. The van der Waals surface area contributed by atoms with Crippen molar-refractivity contribution in [1.82, 2.24) is 4.90 Å². The van der Waals surface area contributed by atoms with Crippen LogP contribution in [-0.2, 0) is 25.6 Å². The maximum Gasteiger partial charge on any atom is 0.317 e. The van der Waals surface area contributed by atoms with Gasteiger partial charge in [0.1, 0.15) is 17.1 Å². The number of fused-ring (bicyclic) bond motifs is 1. The van der Waals surface area contributed by atoms with Crippen LogP contribution in [0.3, 0.4) is 0 Å². The van der Waals surface area contributed by atoms with Crippen molar-refractivity contribution < 1.29 is 19.4 Å². The van der Waals surface area contributed by atoms with Gasteiger partial charge in [0.15, 0.2) is 0 Å². The third kappa shape index (κ3) is 1.67. The predicted molar refractivity (Wildman–Crippen MR) is 111 cm³/mol. The standard InChI is InChI=1S/C25H23NO4/c1-26-15-14-23(22(27)29-2)21(17-8-4-3-5-9-17)30-25(28)19-13-7-11-16-10-6-12-18(20(16)19)24(23,25)26/h3-13,21,28H,14-15H2,1-2H3/t21-,23+,24?,25-/m0/s1. The van der Waals surface area contributed by atoms with Gasteiger partial charge in [-0.1, -0.05) is 66.7 Å². The molecule has 1 unspecified atom stereocenters. The molecule has 1 aliphatic carbocycles. The van der Waals surface area contributed by atoms with Gasteiger partial charge in [-0.05, 0) is 35.4 Å². The minimum atomic E-state index is -1.67. The van der Waals surface area contributed by atoms with Crippen molar-refractivity contribution in [2.75, 3.05) is 20.7 Å². The molecule has 3 aromatic rings. The summed E-state index contributed by atoms with van der Waals surface area (Å²) >= 11 is 0. The Morgan fingerprint density at radius 1 is 1.07 bits per heavy atom. The van der Waals surface area contributed by atoms with Crippen LogP contribution in [0.5, 0.6) is 0 Å². The highest BCUT2D eigenvalue weighted by atomic mass is 16.6. The summed E-state index contributed by atoms with van der Waals surface area (Å²) < 4.78 is 12.0. The zero-order valence-corrected chi connectivity index (χ0v) is 17.0. The summed E-state index contributed by atoms with van der Waals surface area (Å²) in [5.74, 6) is -2.02. The van der Waals surface area contributed by atoms with Gasteiger partial charge in [-0.25, -0.2) is 0 Å². The molecule has 0 radical (unpaired) electrons. The lowest BCUT2D eigenvalue weighted by molar-refractivity contribution is -0.251. The van der Waals surface area contributed by atoms with Crippen molar-refractivity contribution in [3.8, 4) is 0 Å². The highest BCUT2D eigenvalue weighted by molar-refractivity contribution is 5.96. The Bertz CT molecular complexity index is 1190. The number of nitrogens with zero attached hydrogens (tertiary/aromatic N) is 1. The van der Waals surface area contributed by atoms with Crippen molar-refractivity contribution in [2.24, 2.45) is 5.41 Å². The van der Waals surface area contributed by atoms with E-state index in [1.54, 1.807) is 0 Å². The van der Waals surface area contributed by atoms with Crippen LogP contribution in [0.1, 0.15) is 29.2 Å². The molecule has 0 amide bonds. The van der Waals surface area contributed by atoms with Crippen LogP contribution in [-0.4, -0.2) is 36.7 Å². The van der Waals surface area contributed by atoms with Crippen LogP contribution < -0.4 is 0 Å². The molecule has 2 aliphatic heterocycles. The van der Waals surface area contributed by atoms with Gasteiger partial charge in [-0.15, -0.1) is 0 Å². The molecule has 0 saturated carbocycles. The molecule has 2 saturated heterocycles. The molecule has 5 heteroatoms. The van der Waals surface area contributed by atoms with E-state index in [1.807, 2.05) is 73.8 Å². The topological polar surface area (TPSA) is 59.0 Å². The number of aliphatic hydroxyl groups is 1. The first-order chi connectivity index (χ1) is 14.5. The normalized spacial score (nSPS) is 34.2. The summed E-state index contributed by atoms with van der Waals surface area (Å²) in [5.41, 5.74) is 0.361. The third-order valence-electron chi connectivity index (χ3n) is 7.60. The SMILES string of the molecule is COC(=O)[C@]12CCN(C)C13c1cccc4cccc(c14)[C@]3(O)O[C@H]2c1ccccc1. The van der Waals surface area contributed by atoms with E-state index >= 15 is 0 Å². The largest absolute Gasteiger partial charge is 0.468 e. The maximum atomic E-state index is 13.7. The van der Waals surface area contributed by atoms with Crippen molar-refractivity contribution in [3.05, 3.63) is 83.4 Å². The quantitative estimate of drug-likeness (QED) is 0.667. The molecule has 30 heavy (non-hydrogen) atoms. The first-order valence-corrected chi connectivity index (χ1v) is 10.3. The van der Waals surface area contributed by atoms with Crippen molar-refractivity contribution in [2.45, 2.75) is 23.9 Å². The van der Waals surface area contributed by atoms with Gasteiger partial charge < -0.3 is 14.6 Å². The van der Waals surface area contributed by atoms with Crippen LogP contribution in [0.4, 0.5) is 0 Å². The van der Waals surface area contributed by atoms with Crippen molar-refractivity contribution in [1.29, 1.82) is 0 Å². The Balaban J connectivity index is 1.76. The first-order valence-electron chi connectivity index (χ1n) is 10.3. The van der Waals surface area contributed by atoms with Gasteiger partial charge in [0.05, 0.1) is 7.11 Å². The molecule has 0 bridgehead atoms. The van der Waals surface area contributed by atoms with Gasteiger partial charge in [0.2, 0.25) is 5.79 Å². The van der Waals surface area contributed by atoms with Crippen LogP contribution >= 0.6 is 0 Å². The summed E-state index contributed by atoms with van der Waals surface area (Å²) in [5, 5.41) is 14.4. The molecule has 2 heterocycles. The summed E-state index contributed by atoms with van der Waals surface area (Å²) in [7, 11) is 3.39. The Kier molecular flexibility index (Phi) is 3.43. The van der Waals surface area contributed by atoms with E-state index in [-0.39, 0.29) is 5.97 Å². The van der Waals surface area contributed by atoms with E-state index < -0.39 is 22.8 Å². The number of esters is 1. The molecule has 3 aliphatic rings. The second-order valence-electron chi connectivity index (χ2n) is 8.61. The number of hydrogen-bond donors (Lipinski definition) is 1. The molecular formula is C25H23NO4. The number of carbonyl (C=O) groups is 1. The molecule has 6 rings (SSSR count). The van der Waals surface area contributed by atoms with Crippen LogP contribution in [0.2, 0.25) is 0 Å². The highest BCUT2D eigenvalue weighted by Crippen LogP contribution is 2.75. The molecule has 4 atom stereocenters. The molecule has 3 aromatic carbocycles. The zero-order chi connectivity index (χ0) is 20.7. The zero-order valence-electron chi connectivity index (χ0n) is 17.0. The number of ether oxygens (including phenoxy) is 2. The average Bonchev–Trinajstić information content (AvgIpc) is 3.31. The van der Waals surface area contributed by atoms with Gasteiger partial charge >= 0.3 is 5.97 Å². The fourth-order valence-corrected chi connectivity index (χ4v) is 6.60. The summed E-state index contributed by atoms with van der Waals surface area (Å²) in [6.45, 7) is 0.647. The minimum absolute atomic E-state index is 0.346. The summed E-state index contributed by atoms with van der Waals surface area (Å²) in [6, 6.07) is 21.7. The number of rotatable bonds is 2. The number of likely N-dealkylation sites (N-methyl/N-ethyl adjacent to an activating group) is 1. The van der Waals surface area contributed by atoms with Crippen molar-refractivity contribution >= 4 is 16.7 Å². The predicted octanol–water partition coefficient (Wildman–Crippen LogP) is 3.46. The molecule has 2 fully saturated rings. The Labute approximate surface area is 174 Å². The van der Waals surface area contributed by atoms with Gasteiger partial charge in [0, 0.05) is 12.1 Å². The van der Waals surface area contributed by atoms with Crippen molar-refractivity contribution in [3.63, 3.8) is 0 Å². The van der Waals surface area contributed by atoms with E-state index in [0.717, 1.165) is 27.5 Å². The number of benzene rings is 3. The van der Waals surface area contributed by atoms with E-state index in [4.69, 9.17) is 9.47 Å². The third-order valence-corrected chi connectivity index (χ3v) is 7.60. The molecular weight excluding hydrogens is 378 g/mol. The molecule has 1 N–H and O–H groups in total. The second-order valence-corrected chi connectivity index (χ2v) is 8.61. The fourth-order valence-electron chi connectivity index (χ4n) is 6.60. The monoisotopic (exact) mass is 401 g/mol. The Morgan fingerprint density at radius 2 is 1.77 bits per heavy atom. The number of hydrogen-bond acceptors (Lipinski definition) is 5. The lowest BCUT2D eigenvalue weighted by atomic mass is 9.62. The summed E-state index contributed by atoms with van der Waals surface area (Å²) in [6.07, 6.45) is -0.104. The summed E-state index contributed by atoms with van der Waals surface area (Å²) in [4.78, 5) is 15.8. The molecule has 0 aromatic heterocycles. The van der Waals surface area contributed by atoms with Crippen LogP contribution in [0.15, 0.2) is 66.7 Å². The second kappa shape index (κ2) is 5.70. The number of methoxy groups -OCH3 is 1. The molecule has 152 valence electrons. The maximum absolute atomic E-state index is 13.7. The lowest BCUT2D eigenvalue weighted by Crippen LogP contribution is -2.59. The fraction of sp³-hybridized carbons (Fsp3) is 0.320. The van der Waals surface area contributed by atoms with Gasteiger partial charge in [0.25, 0.3) is 0 Å². The number of likely N-dealkylation sites (tertiary alicyclic amines) is 1. The molecule has 1 spiro atoms. The average molecular weight is 401 g/mol. The number of carbonyl (C=O) groups excluding carboxylic acids is 1. The first kappa shape index (κ1) is 18.1. The van der Waals surface area contributed by atoms with E-state index in [2.05, 4.69) is 4.90 Å². The van der Waals surface area contributed by atoms with Crippen LogP contribution in [0, 0.1) is 5.41 Å². The van der Waals surface area contributed by atoms with Gasteiger partial charge in [-0.2, -0.15) is 0 Å². The molecule has 5 nitrogen and oxygen atoms in total. The van der Waals surface area contributed by atoms with Crippen LogP contribution in [0.25, 0.3) is 10.8 Å². The van der Waals surface area contributed by atoms with E-state index in [9.17, 15) is 9.90 Å². The Hall–Kier alpha value is -2.73. The van der Waals surface area contributed by atoms with E-state index in [1.165, 1.54) is 7.11 Å². The smallest absolute Gasteiger partial charge is 0.317 e. The van der Waals surface area contributed by atoms with Gasteiger partial charge in [-0.3, -0.25) is 9.69 Å². The highest BCUT2D eigenvalue weighted by Gasteiger charge is 2.84. The lowest BCUT2D eigenvalue weighted by Gasteiger charge is -2.45.